The smallest absolute Gasteiger partial charge is 0.361 e. The van der Waals surface area contributed by atoms with Gasteiger partial charge in [-0.15, -0.1) is 0 Å². The van der Waals surface area contributed by atoms with Gasteiger partial charge < -0.3 is 9.09 Å². The van der Waals surface area contributed by atoms with Crippen LogP contribution in [-0.4, -0.2) is 35.6 Å². The molecule has 33 heavy (non-hydrogen) atoms. The van der Waals surface area contributed by atoms with E-state index in [9.17, 15) is 13.2 Å². The van der Waals surface area contributed by atoms with E-state index in [-0.39, 0.29) is 0 Å². The number of fused-ring (bicyclic) bond motifs is 1. The number of rotatable bonds is 5. The fourth-order valence-electron chi connectivity index (χ4n) is 3.98. The lowest BCUT2D eigenvalue weighted by Crippen LogP contribution is -2.17. The first-order valence-corrected chi connectivity index (χ1v) is 10.2. The van der Waals surface area contributed by atoms with E-state index in [0.717, 1.165) is 32.7 Å². The van der Waals surface area contributed by atoms with Gasteiger partial charge >= 0.3 is 6.18 Å². The quantitative estimate of drug-likeness (QED) is 0.368. The Bertz CT molecular complexity index is 1410. The minimum absolute atomic E-state index is 0.473. The van der Waals surface area contributed by atoms with Crippen LogP contribution in [0.15, 0.2) is 59.8 Å². The van der Waals surface area contributed by atoms with Gasteiger partial charge in [0.15, 0.2) is 0 Å². The van der Waals surface area contributed by atoms with Crippen LogP contribution < -0.4 is 0 Å². The molecule has 0 aliphatic rings. The molecule has 5 heterocycles. The van der Waals surface area contributed by atoms with Crippen LogP contribution in [-0.2, 0) is 13.1 Å². The number of hydrogen-bond donors (Lipinski definition) is 0. The minimum Gasteiger partial charge on any atom is -0.361 e. The predicted molar refractivity (Wildman–Crippen MR) is 115 cm³/mol. The number of nitrogens with zero attached hydrogens (tertiary/aromatic N) is 6. The van der Waals surface area contributed by atoms with Crippen LogP contribution in [0.2, 0.25) is 0 Å². The van der Waals surface area contributed by atoms with Crippen molar-refractivity contribution in [3.8, 4) is 22.3 Å². The summed E-state index contributed by atoms with van der Waals surface area (Å²) in [5, 5.41) is 7.91. The second kappa shape index (κ2) is 7.88. The maximum absolute atomic E-state index is 12.8. The number of hydrogen-bond acceptors (Lipinski definition) is 5. The van der Waals surface area contributed by atoms with E-state index in [0.29, 0.717) is 28.9 Å². The molecule has 0 radical (unpaired) electrons. The Hall–Kier alpha value is -3.95. The molecule has 0 atom stereocenters. The van der Waals surface area contributed by atoms with E-state index in [1.807, 2.05) is 48.9 Å². The zero-order valence-corrected chi connectivity index (χ0v) is 17.8. The van der Waals surface area contributed by atoms with Crippen LogP contribution in [0, 0.1) is 13.8 Å². The lowest BCUT2D eigenvalue weighted by molar-refractivity contribution is -0.142. The molecule has 0 unspecified atom stereocenters. The Labute approximate surface area is 186 Å². The first-order valence-electron chi connectivity index (χ1n) is 10.2. The SMILES string of the molecule is Cc1noc(C)c1-c1cnc2c(-c3cnn(CC(F)(F)F)c3)cn(Cc3ccccn3)c2c1. The van der Waals surface area contributed by atoms with Gasteiger partial charge in [0, 0.05) is 47.0 Å². The van der Waals surface area contributed by atoms with Crippen molar-refractivity contribution in [2.75, 3.05) is 0 Å². The van der Waals surface area contributed by atoms with Crippen LogP contribution in [0.1, 0.15) is 17.1 Å². The summed E-state index contributed by atoms with van der Waals surface area (Å²) in [4.78, 5) is 9.07. The van der Waals surface area contributed by atoms with Crippen LogP contribution in [0.3, 0.4) is 0 Å². The van der Waals surface area contributed by atoms with Crippen molar-refractivity contribution < 1.29 is 17.7 Å². The van der Waals surface area contributed by atoms with Gasteiger partial charge in [-0.05, 0) is 32.0 Å². The molecule has 0 spiro atoms. The molecule has 7 nitrogen and oxygen atoms in total. The highest BCUT2D eigenvalue weighted by molar-refractivity contribution is 5.94. The number of halogens is 3. The highest BCUT2D eigenvalue weighted by Crippen LogP contribution is 2.34. The van der Waals surface area contributed by atoms with Crippen molar-refractivity contribution in [2.24, 2.45) is 0 Å². The van der Waals surface area contributed by atoms with Gasteiger partial charge in [-0.25, -0.2) is 0 Å². The second-order valence-corrected chi connectivity index (χ2v) is 7.82. The normalized spacial score (nSPS) is 12.0. The van der Waals surface area contributed by atoms with E-state index < -0.39 is 12.7 Å². The molecule has 0 saturated carbocycles. The number of aromatic nitrogens is 6. The summed E-state index contributed by atoms with van der Waals surface area (Å²) < 4.78 is 46.6. The summed E-state index contributed by atoms with van der Waals surface area (Å²) in [6.07, 6.45) is 3.78. The predicted octanol–water partition coefficient (Wildman–Crippen LogP) is 5.18. The van der Waals surface area contributed by atoms with Crippen molar-refractivity contribution in [1.82, 2.24) is 29.5 Å². The number of alkyl halides is 3. The monoisotopic (exact) mass is 452 g/mol. The third kappa shape index (κ3) is 4.11. The second-order valence-electron chi connectivity index (χ2n) is 7.82. The summed E-state index contributed by atoms with van der Waals surface area (Å²) in [6, 6.07) is 7.65. The topological polar surface area (TPSA) is 74.6 Å². The van der Waals surface area contributed by atoms with Crippen LogP contribution >= 0.6 is 0 Å². The molecule has 0 amide bonds. The van der Waals surface area contributed by atoms with Crippen LogP contribution in [0.4, 0.5) is 13.2 Å². The molecule has 168 valence electrons. The standard InChI is InChI=1S/C23H19F3N6O/c1-14-21(15(2)33-30-14)16-7-20-22(28-8-16)19(12-31(20)11-18-5-3-4-6-27-18)17-9-29-32(10-17)13-23(24,25)26/h3-10,12H,11,13H2,1-2H3. The summed E-state index contributed by atoms with van der Waals surface area (Å²) in [7, 11) is 0. The van der Waals surface area contributed by atoms with E-state index in [1.54, 1.807) is 12.4 Å². The summed E-state index contributed by atoms with van der Waals surface area (Å²) >= 11 is 0. The molecular weight excluding hydrogens is 433 g/mol. The highest BCUT2D eigenvalue weighted by atomic mass is 19.4. The van der Waals surface area contributed by atoms with Crippen molar-refractivity contribution >= 4 is 11.0 Å². The molecule has 0 aliphatic heterocycles. The Morgan fingerprint density at radius 3 is 2.58 bits per heavy atom. The Morgan fingerprint density at radius 2 is 1.88 bits per heavy atom. The van der Waals surface area contributed by atoms with E-state index >= 15 is 0 Å². The van der Waals surface area contributed by atoms with Crippen molar-refractivity contribution in [1.29, 1.82) is 0 Å². The molecule has 5 aromatic heterocycles. The number of aryl methyl sites for hydroxylation is 2. The van der Waals surface area contributed by atoms with Crippen molar-refractivity contribution in [2.45, 2.75) is 33.1 Å². The van der Waals surface area contributed by atoms with E-state index in [2.05, 4.69) is 20.2 Å². The highest BCUT2D eigenvalue weighted by Gasteiger charge is 2.28. The van der Waals surface area contributed by atoms with E-state index in [4.69, 9.17) is 4.52 Å². The van der Waals surface area contributed by atoms with Gasteiger partial charge in [0.05, 0.1) is 35.2 Å². The molecule has 5 aromatic rings. The van der Waals surface area contributed by atoms with Crippen molar-refractivity contribution in [3.63, 3.8) is 0 Å². The molecule has 10 heteroatoms. The first kappa shape index (κ1) is 20.9. The maximum atomic E-state index is 12.8. The maximum Gasteiger partial charge on any atom is 0.408 e. The third-order valence-corrected chi connectivity index (χ3v) is 5.38. The average Bonchev–Trinajstić information content (AvgIpc) is 3.45. The fraction of sp³-hybridized carbons (Fsp3) is 0.217. The fourth-order valence-corrected chi connectivity index (χ4v) is 3.98. The lowest BCUT2D eigenvalue weighted by atomic mass is 10.1. The number of pyridine rings is 2. The third-order valence-electron chi connectivity index (χ3n) is 5.38. The summed E-state index contributed by atoms with van der Waals surface area (Å²) in [5.74, 6) is 0.685. The molecule has 5 rings (SSSR count). The zero-order chi connectivity index (χ0) is 23.2. The summed E-state index contributed by atoms with van der Waals surface area (Å²) in [6.45, 7) is 3.03. The van der Waals surface area contributed by atoms with Crippen LogP contribution in [0.25, 0.3) is 33.3 Å². The zero-order valence-electron chi connectivity index (χ0n) is 17.8. The molecule has 0 aromatic carbocycles. The van der Waals surface area contributed by atoms with Gasteiger partial charge in [-0.3, -0.25) is 14.6 Å². The minimum atomic E-state index is -4.35. The lowest BCUT2D eigenvalue weighted by Gasteiger charge is -2.06. The largest absolute Gasteiger partial charge is 0.408 e. The Balaban J connectivity index is 1.64. The van der Waals surface area contributed by atoms with Gasteiger partial charge in [-0.2, -0.15) is 18.3 Å². The molecule has 0 aliphatic carbocycles. The van der Waals surface area contributed by atoms with Gasteiger partial charge in [0.2, 0.25) is 0 Å². The first-order chi connectivity index (χ1) is 15.8. The van der Waals surface area contributed by atoms with Gasteiger partial charge in [0.25, 0.3) is 0 Å². The van der Waals surface area contributed by atoms with Gasteiger partial charge in [-0.1, -0.05) is 11.2 Å². The average molecular weight is 452 g/mol. The van der Waals surface area contributed by atoms with Crippen molar-refractivity contribution in [3.05, 3.63) is 72.4 Å². The Morgan fingerprint density at radius 1 is 1.03 bits per heavy atom. The summed E-state index contributed by atoms with van der Waals surface area (Å²) in [5.41, 5.74) is 6.04. The molecule has 0 bridgehead atoms. The Kier molecular flexibility index (Phi) is 4.99. The van der Waals surface area contributed by atoms with Crippen LogP contribution in [0.5, 0.6) is 0 Å². The molecule has 0 N–H and O–H groups in total. The molecular formula is C23H19F3N6O. The van der Waals surface area contributed by atoms with E-state index in [1.165, 1.54) is 12.4 Å². The molecule has 0 saturated heterocycles. The van der Waals surface area contributed by atoms with Gasteiger partial charge in [0.1, 0.15) is 12.3 Å². The molecule has 0 fully saturated rings.